The number of hydrogen-bond acceptors (Lipinski definition) is 4. The highest BCUT2D eigenvalue weighted by Gasteiger charge is 2.07. The molecule has 4 aromatic rings. The zero-order valence-corrected chi connectivity index (χ0v) is 14.5. The van der Waals surface area contributed by atoms with Crippen molar-refractivity contribution in [3.8, 4) is 28.4 Å². The lowest BCUT2D eigenvalue weighted by molar-refractivity contribution is 0.476. The molecule has 0 fully saturated rings. The van der Waals surface area contributed by atoms with Gasteiger partial charge in [-0.15, -0.1) is 12.4 Å². The average Bonchev–Trinajstić information content (AvgIpc) is 2.61. The van der Waals surface area contributed by atoms with Crippen molar-refractivity contribution in [2.75, 3.05) is 5.73 Å². The van der Waals surface area contributed by atoms with Crippen LogP contribution >= 0.6 is 12.4 Å². The lowest BCUT2D eigenvalue weighted by Crippen LogP contribution is -2.08. The van der Waals surface area contributed by atoms with Crippen LogP contribution in [0.1, 0.15) is 0 Å². The summed E-state index contributed by atoms with van der Waals surface area (Å²) in [6, 6.07) is 19.5. The average molecular weight is 366 g/mol. The van der Waals surface area contributed by atoms with E-state index in [1.54, 1.807) is 24.3 Å². The number of rotatable bonds is 2. The third-order valence-corrected chi connectivity index (χ3v) is 4.05. The van der Waals surface area contributed by atoms with Crippen molar-refractivity contribution >= 4 is 28.9 Å². The number of H-pyrrole nitrogens is 1. The van der Waals surface area contributed by atoms with Gasteiger partial charge >= 0.3 is 0 Å². The number of aromatic hydroxyl groups is 1. The molecule has 0 amide bonds. The Bertz CT molecular complexity index is 1140. The van der Waals surface area contributed by atoms with Gasteiger partial charge in [0.2, 0.25) is 0 Å². The Morgan fingerprint density at radius 2 is 1.50 bits per heavy atom. The van der Waals surface area contributed by atoms with Crippen molar-refractivity contribution in [3.63, 3.8) is 0 Å². The number of benzene rings is 3. The number of fused-ring (bicyclic) bond motifs is 1. The number of anilines is 1. The molecule has 0 aliphatic heterocycles. The van der Waals surface area contributed by atoms with Crippen LogP contribution in [0.5, 0.6) is 5.75 Å². The summed E-state index contributed by atoms with van der Waals surface area (Å²) < 4.78 is 0. The van der Waals surface area contributed by atoms with Gasteiger partial charge in [0.1, 0.15) is 11.6 Å². The maximum atomic E-state index is 12.1. The van der Waals surface area contributed by atoms with E-state index in [2.05, 4.69) is 9.97 Å². The number of hydrogen-bond donors (Lipinski definition) is 3. The summed E-state index contributed by atoms with van der Waals surface area (Å²) >= 11 is 0. The summed E-state index contributed by atoms with van der Waals surface area (Å²) in [5.41, 5.74) is 8.36. The lowest BCUT2D eigenvalue weighted by Gasteiger charge is -2.07. The van der Waals surface area contributed by atoms with Crippen LogP contribution in [0.15, 0.2) is 71.5 Å². The Kier molecular flexibility index (Phi) is 4.65. The van der Waals surface area contributed by atoms with Gasteiger partial charge < -0.3 is 15.8 Å². The van der Waals surface area contributed by atoms with E-state index in [9.17, 15) is 9.90 Å². The standard InChI is InChI=1S/C20H15N3O2.ClH/c21-16-6-3-12(4-7-16)18-11-19(25)23-20(22-18)15-2-1-14-10-17(24)8-5-13(14)9-15;/h1-11,24H,21H2,(H,22,23,25);1H. The Hall–Kier alpha value is -3.31. The molecule has 0 aliphatic carbocycles. The van der Waals surface area contributed by atoms with Crippen LogP contribution in [0, 0.1) is 0 Å². The first-order valence-corrected chi connectivity index (χ1v) is 7.79. The fraction of sp³-hybridized carbons (Fsp3) is 0. The summed E-state index contributed by atoms with van der Waals surface area (Å²) in [5, 5.41) is 11.4. The van der Waals surface area contributed by atoms with Crippen LogP contribution in [0.4, 0.5) is 5.69 Å². The SMILES string of the molecule is Cl.Nc1ccc(-c2cc(=O)[nH]c(-c3ccc4cc(O)ccc4c3)n2)cc1. The summed E-state index contributed by atoms with van der Waals surface area (Å²) in [5.74, 6) is 0.714. The zero-order chi connectivity index (χ0) is 17.4. The molecule has 0 saturated carbocycles. The van der Waals surface area contributed by atoms with E-state index in [4.69, 9.17) is 5.73 Å². The molecule has 0 saturated heterocycles. The minimum atomic E-state index is -0.220. The minimum absolute atomic E-state index is 0. The van der Waals surface area contributed by atoms with Gasteiger partial charge in [-0.05, 0) is 41.1 Å². The van der Waals surface area contributed by atoms with Crippen molar-refractivity contribution in [2.45, 2.75) is 0 Å². The Morgan fingerprint density at radius 3 is 2.27 bits per heavy atom. The molecule has 4 N–H and O–H groups in total. The van der Waals surface area contributed by atoms with Gasteiger partial charge in [0, 0.05) is 22.9 Å². The molecule has 0 atom stereocenters. The Labute approximate surface area is 155 Å². The van der Waals surface area contributed by atoms with Crippen LogP contribution in [-0.2, 0) is 0 Å². The van der Waals surface area contributed by atoms with Crippen LogP contribution in [0.3, 0.4) is 0 Å². The van der Waals surface area contributed by atoms with Crippen LogP contribution in [-0.4, -0.2) is 15.1 Å². The molecule has 1 aromatic heterocycles. The molecule has 0 radical (unpaired) electrons. The predicted octanol–water partition coefficient (Wildman–Crippen LogP) is 3.97. The van der Waals surface area contributed by atoms with Crippen LogP contribution in [0.25, 0.3) is 33.4 Å². The molecule has 6 heteroatoms. The second-order valence-electron chi connectivity index (χ2n) is 5.85. The topological polar surface area (TPSA) is 92.0 Å². The molecular weight excluding hydrogens is 350 g/mol. The Balaban J connectivity index is 0.00000196. The van der Waals surface area contributed by atoms with E-state index in [0.717, 1.165) is 21.9 Å². The number of nitrogen functional groups attached to an aromatic ring is 1. The number of halogens is 1. The summed E-state index contributed by atoms with van der Waals surface area (Å²) in [6.45, 7) is 0. The van der Waals surface area contributed by atoms with Gasteiger partial charge in [0.25, 0.3) is 5.56 Å². The van der Waals surface area contributed by atoms with Crippen LogP contribution in [0.2, 0.25) is 0 Å². The normalized spacial score (nSPS) is 10.5. The number of phenols is 1. The van der Waals surface area contributed by atoms with Gasteiger partial charge in [-0.1, -0.05) is 30.3 Å². The van der Waals surface area contributed by atoms with E-state index in [-0.39, 0.29) is 23.7 Å². The minimum Gasteiger partial charge on any atom is -0.508 e. The lowest BCUT2D eigenvalue weighted by atomic mass is 10.1. The second-order valence-corrected chi connectivity index (χ2v) is 5.85. The maximum Gasteiger partial charge on any atom is 0.251 e. The van der Waals surface area contributed by atoms with E-state index >= 15 is 0 Å². The van der Waals surface area contributed by atoms with E-state index in [1.807, 2.05) is 36.4 Å². The molecule has 26 heavy (non-hydrogen) atoms. The van der Waals surface area contributed by atoms with E-state index in [1.165, 1.54) is 6.07 Å². The first kappa shape index (κ1) is 17.5. The highest BCUT2D eigenvalue weighted by molar-refractivity contribution is 5.87. The van der Waals surface area contributed by atoms with Gasteiger partial charge in [-0.2, -0.15) is 0 Å². The first-order valence-electron chi connectivity index (χ1n) is 7.79. The van der Waals surface area contributed by atoms with E-state index in [0.29, 0.717) is 17.2 Å². The van der Waals surface area contributed by atoms with Crippen LogP contribution < -0.4 is 11.3 Å². The van der Waals surface area contributed by atoms with Crippen molar-refractivity contribution in [1.82, 2.24) is 9.97 Å². The highest BCUT2D eigenvalue weighted by atomic mass is 35.5. The zero-order valence-electron chi connectivity index (χ0n) is 13.6. The molecule has 0 aliphatic rings. The molecule has 1 heterocycles. The largest absolute Gasteiger partial charge is 0.508 e. The van der Waals surface area contributed by atoms with Gasteiger partial charge in [0.05, 0.1) is 5.69 Å². The van der Waals surface area contributed by atoms with Crippen molar-refractivity contribution in [2.24, 2.45) is 0 Å². The molecule has 130 valence electrons. The van der Waals surface area contributed by atoms with Crippen molar-refractivity contribution < 1.29 is 5.11 Å². The van der Waals surface area contributed by atoms with Crippen molar-refractivity contribution in [3.05, 3.63) is 77.1 Å². The summed E-state index contributed by atoms with van der Waals surface area (Å²) in [7, 11) is 0. The molecule has 0 spiro atoms. The predicted molar refractivity (Wildman–Crippen MR) is 107 cm³/mol. The number of aromatic nitrogens is 2. The monoisotopic (exact) mass is 365 g/mol. The smallest absolute Gasteiger partial charge is 0.251 e. The quantitative estimate of drug-likeness (QED) is 0.469. The maximum absolute atomic E-state index is 12.1. The van der Waals surface area contributed by atoms with Gasteiger partial charge in [-0.3, -0.25) is 4.79 Å². The third-order valence-electron chi connectivity index (χ3n) is 4.05. The van der Waals surface area contributed by atoms with Crippen molar-refractivity contribution in [1.29, 1.82) is 0 Å². The number of phenolic OH excluding ortho intramolecular Hbond substituents is 1. The molecule has 0 unspecified atom stereocenters. The van der Waals surface area contributed by atoms with Gasteiger partial charge in [0.15, 0.2) is 0 Å². The summed E-state index contributed by atoms with van der Waals surface area (Å²) in [4.78, 5) is 19.4. The Morgan fingerprint density at radius 1 is 0.846 bits per heavy atom. The fourth-order valence-electron chi connectivity index (χ4n) is 2.78. The molecule has 5 nitrogen and oxygen atoms in total. The molecule has 3 aromatic carbocycles. The number of nitrogens with zero attached hydrogens (tertiary/aromatic N) is 1. The highest BCUT2D eigenvalue weighted by Crippen LogP contribution is 2.26. The third kappa shape index (κ3) is 3.38. The summed E-state index contributed by atoms with van der Waals surface area (Å²) in [6.07, 6.45) is 0. The number of nitrogens with one attached hydrogen (secondary N) is 1. The molecule has 4 rings (SSSR count). The number of nitrogens with two attached hydrogens (primary N) is 1. The second kappa shape index (κ2) is 6.90. The fourth-order valence-corrected chi connectivity index (χ4v) is 2.78. The van der Waals surface area contributed by atoms with Gasteiger partial charge in [-0.25, -0.2) is 4.98 Å². The first-order chi connectivity index (χ1) is 12.1. The molecule has 0 bridgehead atoms. The number of aromatic amines is 1. The molecular formula is C20H16ClN3O2. The van der Waals surface area contributed by atoms with E-state index < -0.39 is 0 Å².